The molecule has 1 atom stereocenters. The number of piperidine rings is 1. The van der Waals surface area contributed by atoms with Gasteiger partial charge in [-0.3, -0.25) is 24.5 Å². The van der Waals surface area contributed by atoms with Crippen molar-refractivity contribution in [3.05, 3.63) is 54.1 Å². The van der Waals surface area contributed by atoms with E-state index in [0.29, 0.717) is 68.5 Å². The molecule has 2 fully saturated rings. The molecule has 4 N–H and O–H groups in total. The van der Waals surface area contributed by atoms with Gasteiger partial charge in [0.05, 0.1) is 6.26 Å². The Bertz CT molecular complexity index is 1380. The Morgan fingerprint density at radius 1 is 1.00 bits per heavy atom. The number of carbonyl (C=O) groups is 2. The molecular formula is C34H51ClN4O6S. The number of sulfonamides is 1. The van der Waals surface area contributed by atoms with Gasteiger partial charge in [0.15, 0.2) is 0 Å². The van der Waals surface area contributed by atoms with Crippen LogP contribution in [-0.2, 0) is 26.2 Å². The number of hydrogen-bond donors (Lipinski definition) is 4. The molecule has 0 unspecified atom stereocenters. The molecule has 0 aromatic heterocycles. The quantitative estimate of drug-likeness (QED) is 0.170. The number of halogens is 1. The van der Waals surface area contributed by atoms with E-state index in [9.17, 15) is 23.1 Å². The number of unbranched alkanes of at least 4 members (excludes halogenated alkanes) is 1. The van der Waals surface area contributed by atoms with Crippen LogP contribution >= 0.6 is 12.4 Å². The van der Waals surface area contributed by atoms with Gasteiger partial charge in [-0.15, -0.1) is 12.4 Å². The Balaban J connectivity index is 0.00000576. The number of hydrogen-bond acceptors (Lipinski definition) is 7. The molecule has 1 saturated carbocycles. The van der Waals surface area contributed by atoms with Crippen molar-refractivity contribution in [1.82, 2.24) is 15.5 Å². The summed E-state index contributed by atoms with van der Waals surface area (Å²) in [5, 5.41) is 16.9. The van der Waals surface area contributed by atoms with Crippen LogP contribution in [0.5, 0.6) is 11.5 Å². The van der Waals surface area contributed by atoms with Crippen molar-refractivity contribution in [2.45, 2.75) is 95.7 Å². The van der Waals surface area contributed by atoms with Gasteiger partial charge in [0.25, 0.3) is 0 Å². The summed E-state index contributed by atoms with van der Waals surface area (Å²) < 4.78 is 31.2. The fourth-order valence-electron chi connectivity index (χ4n) is 6.60. The van der Waals surface area contributed by atoms with Crippen LogP contribution in [0, 0.1) is 5.92 Å². The van der Waals surface area contributed by atoms with Crippen LogP contribution in [0.15, 0.2) is 48.5 Å². The van der Waals surface area contributed by atoms with Gasteiger partial charge < -0.3 is 15.2 Å². The largest absolute Gasteiger partial charge is 0.480 e. The van der Waals surface area contributed by atoms with Crippen molar-refractivity contribution < 1.29 is 27.9 Å². The predicted octanol–water partition coefficient (Wildman–Crippen LogP) is 5.93. The van der Waals surface area contributed by atoms with Crippen molar-refractivity contribution >= 4 is 40.0 Å². The van der Waals surface area contributed by atoms with Gasteiger partial charge in [0, 0.05) is 31.9 Å². The zero-order valence-corrected chi connectivity index (χ0v) is 29.0. The molecule has 2 aliphatic rings. The second-order valence-corrected chi connectivity index (χ2v) is 14.8. The average molecular weight is 679 g/mol. The number of carboxylic acid groups (broad SMARTS) is 1. The molecule has 1 amide bonds. The zero-order chi connectivity index (χ0) is 32.5. The van der Waals surface area contributed by atoms with Crippen LogP contribution in [0.3, 0.4) is 0 Å². The number of anilines is 1. The highest BCUT2D eigenvalue weighted by Gasteiger charge is 2.49. The Morgan fingerprint density at radius 3 is 2.13 bits per heavy atom. The number of aliphatic carboxylic acids is 1. The van der Waals surface area contributed by atoms with E-state index in [1.165, 1.54) is 6.42 Å². The molecule has 1 aliphatic carbocycles. The summed E-state index contributed by atoms with van der Waals surface area (Å²) >= 11 is 0. The summed E-state index contributed by atoms with van der Waals surface area (Å²) in [4.78, 5) is 28.7. The molecule has 256 valence electrons. The van der Waals surface area contributed by atoms with E-state index in [4.69, 9.17) is 4.74 Å². The second kappa shape index (κ2) is 16.8. The molecule has 2 aromatic rings. The van der Waals surface area contributed by atoms with E-state index in [2.05, 4.69) is 27.2 Å². The van der Waals surface area contributed by atoms with Gasteiger partial charge in [-0.05, 0) is 80.5 Å². The summed E-state index contributed by atoms with van der Waals surface area (Å²) in [6.45, 7) is 6.48. The first kappa shape index (κ1) is 37.6. The first-order valence-corrected chi connectivity index (χ1v) is 18.2. The number of ether oxygens (including phenoxy) is 1. The molecule has 2 aromatic carbocycles. The first-order valence-electron chi connectivity index (χ1n) is 16.3. The molecule has 10 nitrogen and oxygen atoms in total. The summed E-state index contributed by atoms with van der Waals surface area (Å²) in [6.07, 6.45) is 10.2. The SMILES string of the molecule is CCCCNC(=O)C1(N[C@@](C)(CC2CCCCC2)C(=O)O)CCN(Cc2ccc(Oc3ccc(NS(C)(=O)=O)cc3)cc2)CC1.Cl. The maximum absolute atomic E-state index is 13.7. The maximum atomic E-state index is 13.7. The molecular weight excluding hydrogens is 628 g/mol. The Morgan fingerprint density at radius 2 is 1.59 bits per heavy atom. The summed E-state index contributed by atoms with van der Waals surface area (Å²) in [5.74, 6) is 0.638. The summed E-state index contributed by atoms with van der Waals surface area (Å²) in [5.41, 5.74) is -0.533. The van der Waals surface area contributed by atoms with Crippen LogP contribution in [0.4, 0.5) is 5.69 Å². The lowest BCUT2D eigenvalue weighted by Crippen LogP contribution is -2.69. The van der Waals surface area contributed by atoms with Gasteiger partial charge in [0.1, 0.15) is 22.6 Å². The maximum Gasteiger partial charge on any atom is 0.323 e. The summed E-state index contributed by atoms with van der Waals surface area (Å²) in [6, 6.07) is 14.5. The number of likely N-dealkylation sites (tertiary alicyclic amines) is 1. The van der Waals surface area contributed by atoms with E-state index in [0.717, 1.165) is 50.3 Å². The van der Waals surface area contributed by atoms with Crippen LogP contribution in [-0.4, -0.2) is 67.3 Å². The van der Waals surface area contributed by atoms with E-state index < -0.39 is 27.1 Å². The van der Waals surface area contributed by atoms with Gasteiger partial charge in [-0.25, -0.2) is 8.42 Å². The molecule has 1 saturated heterocycles. The topological polar surface area (TPSA) is 137 Å². The highest BCUT2D eigenvalue weighted by molar-refractivity contribution is 7.92. The molecule has 0 radical (unpaired) electrons. The van der Waals surface area contributed by atoms with E-state index in [-0.39, 0.29) is 18.3 Å². The third-order valence-electron chi connectivity index (χ3n) is 9.09. The molecule has 12 heteroatoms. The van der Waals surface area contributed by atoms with Crippen molar-refractivity contribution in [1.29, 1.82) is 0 Å². The standard InChI is InChI=1S/C34H50N4O6S.ClH/c1-4-5-21-35-31(39)34(37-33(2,32(40)41)24-26-9-7-6-8-10-26)19-22-38(23-20-34)25-27-11-15-29(16-12-27)44-30-17-13-28(14-18-30)36-45(3,42)43;/h11-18,26,36-37H,4-10,19-25H2,1-3H3,(H,35,39)(H,40,41);1H/t33-;/m0./s1. The lowest BCUT2D eigenvalue weighted by molar-refractivity contribution is -0.148. The first-order chi connectivity index (χ1) is 21.4. The molecule has 0 bridgehead atoms. The Hall–Kier alpha value is -2.86. The number of amides is 1. The third kappa shape index (κ3) is 10.9. The van der Waals surface area contributed by atoms with Gasteiger partial charge in [-0.2, -0.15) is 0 Å². The number of benzene rings is 2. The normalized spacial score (nSPS) is 18.5. The summed E-state index contributed by atoms with van der Waals surface area (Å²) in [7, 11) is -3.34. The van der Waals surface area contributed by atoms with Crippen molar-refractivity contribution in [2.24, 2.45) is 5.92 Å². The van der Waals surface area contributed by atoms with Crippen LogP contribution in [0.2, 0.25) is 0 Å². The van der Waals surface area contributed by atoms with Crippen LogP contribution < -0.4 is 20.1 Å². The van der Waals surface area contributed by atoms with E-state index >= 15 is 0 Å². The Labute approximate surface area is 280 Å². The average Bonchev–Trinajstić information content (AvgIpc) is 3.00. The molecule has 0 spiro atoms. The van der Waals surface area contributed by atoms with Crippen molar-refractivity contribution in [3.63, 3.8) is 0 Å². The van der Waals surface area contributed by atoms with Gasteiger partial charge >= 0.3 is 5.97 Å². The molecule has 4 rings (SSSR count). The van der Waals surface area contributed by atoms with Crippen LogP contribution in [0.1, 0.15) is 83.6 Å². The zero-order valence-electron chi connectivity index (χ0n) is 27.3. The number of carboxylic acids is 1. The molecule has 1 aliphatic heterocycles. The van der Waals surface area contributed by atoms with Crippen LogP contribution in [0.25, 0.3) is 0 Å². The monoisotopic (exact) mass is 678 g/mol. The number of nitrogens with zero attached hydrogens (tertiary/aromatic N) is 1. The second-order valence-electron chi connectivity index (χ2n) is 13.1. The Kier molecular flexibility index (Phi) is 13.7. The number of carbonyl (C=O) groups excluding carboxylic acids is 1. The highest BCUT2D eigenvalue weighted by Crippen LogP contribution is 2.34. The number of rotatable bonds is 15. The fraction of sp³-hybridized carbons (Fsp3) is 0.588. The highest BCUT2D eigenvalue weighted by atomic mass is 35.5. The smallest absolute Gasteiger partial charge is 0.323 e. The lowest BCUT2D eigenvalue weighted by atomic mass is 9.77. The number of nitrogens with one attached hydrogen (secondary N) is 3. The third-order valence-corrected chi connectivity index (χ3v) is 9.70. The minimum atomic E-state index is -3.34. The van der Waals surface area contributed by atoms with E-state index in [1.807, 2.05) is 24.3 Å². The predicted molar refractivity (Wildman–Crippen MR) is 184 cm³/mol. The molecule has 46 heavy (non-hydrogen) atoms. The minimum Gasteiger partial charge on any atom is -0.480 e. The molecule has 1 heterocycles. The van der Waals surface area contributed by atoms with Gasteiger partial charge in [-0.1, -0.05) is 57.6 Å². The minimum absolute atomic E-state index is 0. The van der Waals surface area contributed by atoms with Gasteiger partial charge in [0.2, 0.25) is 15.9 Å². The fourth-order valence-corrected chi connectivity index (χ4v) is 7.16. The van der Waals surface area contributed by atoms with Crippen molar-refractivity contribution in [2.75, 3.05) is 30.6 Å². The van der Waals surface area contributed by atoms with E-state index in [1.54, 1.807) is 31.2 Å². The lowest BCUT2D eigenvalue weighted by Gasteiger charge is -2.46. The van der Waals surface area contributed by atoms with Crippen molar-refractivity contribution in [3.8, 4) is 11.5 Å².